The van der Waals surface area contributed by atoms with E-state index >= 15 is 0 Å². The Morgan fingerprint density at radius 3 is 2.39 bits per heavy atom. The van der Waals surface area contributed by atoms with Crippen LogP contribution in [0.3, 0.4) is 0 Å². The Labute approximate surface area is 209 Å². The highest BCUT2D eigenvalue weighted by Crippen LogP contribution is 2.29. The van der Waals surface area contributed by atoms with Crippen molar-refractivity contribution in [1.29, 1.82) is 0 Å². The second-order valence-corrected chi connectivity index (χ2v) is 8.49. The average molecular weight is 501 g/mol. The Balaban J connectivity index is 1.58. The highest BCUT2D eigenvalue weighted by atomic mass is 35.5. The Kier molecular flexibility index (Phi) is 5.83. The van der Waals surface area contributed by atoms with Crippen molar-refractivity contribution in [3.8, 4) is 0 Å². The van der Waals surface area contributed by atoms with Crippen LogP contribution < -0.4 is 10.2 Å². The van der Waals surface area contributed by atoms with E-state index in [-0.39, 0.29) is 23.5 Å². The number of nitrogens with one attached hydrogen (secondary N) is 1. The Morgan fingerprint density at radius 2 is 1.64 bits per heavy atom. The van der Waals surface area contributed by atoms with E-state index in [2.05, 4.69) is 5.32 Å². The monoisotopic (exact) mass is 500 g/mol. The number of benzene rings is 3. The number of barbiturate groups is 1. The number of nitro benzene ring substituents is 1. The number of nitro groups is 1. The molecule has 1 aliphatic heterocycles. The molecule has 5 rings (SSSR count). The number of aromatic nitrogens is 1. The molecule has 0 radical (unpaired) electrons. The van der Waals surface area contributed by atoms with Gasteiger partial charge in [0.15, 0.2) is 0 Å². The third-order valence-electron chi connectivity index (χ3n) is 5.83. The van der Waals surface area contributed by atoms with E-state index in [0.29, 0.717) is 16.1 Å². The second kappa shape index (κ2) is 9.12. The maximum Gasteiger partial charge on any atom is 0.335 e. The summed E-state index contributed by atoms with van der Waals surface area (Å²) in [7, 11) is 0. The van der Waals surface area contributed by atoms with Gasteiger partial charge in [-0.2, -0.15) is 0 Å². The summed E-state index contributed by atoms with van der Waals surface area (Å²) in [6.45, 7) is 0.205. The van der Waals surface area contributed by atoms with Crippen molar-refractivity contribution in [2.75, 3.05) is 4.90 Å². The molecule has 0 atom stereocenters. The summed E-state index contributed by atoms with van der Waals surface area (Å²) in [6.07, 6.45) is 3.14. The molecule has 1 N–H and O–H groups in total. The van der Waals surface area contributed by atoms with Crippen LogP contribution in [0.1, 0.15) is 11.1 Å². The summed E-state index contributed by atoms with van der Waals surface area (Å²) in [4.78, 5) is 50.3. The van der Waals surface area contributed by atoms with Crippen LogP contribution in [0.4, 0.5) is 16.2 Å². The highest BCUT2D eigenvalue weighted by molar-refractivity contribution is 6.39. The van der Waals surface area contributed by atoms with E-state index in [1.807, 2.05) is 28.8 Å². The van der Waals surface area contributed by atoms with Gasteiger partial charge in [0.25, 0.3) is 17.5 Å². The van der Waals surface area contributed by atoms with Crippen LogP contribution in [-0.4, -0.2) is 27.3 Å². The number of amides is 4. The molecular weight excluding hydrogens is 484 g/mol. The Hall–Kier alpha value is -4.76. The number of rotatable bonds is 5. The third-order valence-corrected chi connectivity index (χ3v) is 6.09. The molecule has 178 valence electrons. The van der Waals surface area contributed by atoms with Crippen LogP contribution in [0.5, 0.6) is 0 Å². The fourth-order valence-electron chi connectivity index (χ4n) is 4.16. The standard InChI is InChI=1S/C26H17ClN4O5/c27-18-9-11-19(12-10-18)30-25(33)21(24(32)28-26(30)34)13-17-15-29(23-8-4-2-6-20(17)23)14-16-5-1-3-7-22(16)31(35)36/h1-13,15H,14H2,(H,28,32,34)/b21-13-. The van der Waals surface area contributed by atoms with Crippen molar-refractivity contribution < 1.29 is 19.3 Å². The molecule has 1 aromatic heterocycles. The second-order valence-electron chi connectivity index (χ2n) is 8.05. The van der Waals surface area contributed by atoms with E-state index in [0.717, 1.165) is 15.8 Å². The van der Waals surface area contributed by atoms with Gasteiger partial charge in [-0.15, -0.1) is 0 Å². The zero-order chi connectivity index (χ0) is 25.4. The number of anilines is 1. The zero-order valence-electron chi connectivity index (χ0n) is 18.6. The molecule has 1 fully saturated rings. The first-order chi connectivity index (χ1) is 17.3. The van der Waals surface area contributed by atoms with Gasteiger partial charge in [0.05, 0.1) is 17.2 Å². The smallest absolute Gasteiger partial charge is 0.335 e. The quantitative estimate of drug-likeness (QED) is 0.181. The van der Waals surface area contributed by atoms with Crippen LogP contribution in [0, 0.1) is 10.1 Å². The SMILES string of the molecule is O=C1NC(=O)N(c2ccc(Cl)cc2)C(=O)/C1=C\c1cn(Cc2ccccc2[N+](=O)[O-])c2ccccc12. The topological polar surface area (TPSA) is 115 Å². The summed E-state index contributed by atoms with van der Waals surface area (Å²) in [5.41, 5.74) is 1.85. The molecule has 36 heavy (non-hydrogen) atoms. The first kappa shape index (κ1) is 23.0. The van der Waals surface area contributed by atoms with Crippen LogP contribution in [0.25, 0.3) is 17.0 Å². The molecule has 0 bridgehead atoms. The summed E-state index contributed by atoms with van der Waals surface area (Å²) in [6, 6.07) is 19.0. The number of imide groups is 2. The average Bonchev–Trinajstić information content (AvgIpc) is 3.20. The predicted octanol–water partition coefficient (Wildman–Crippen LogP) is 4.92. The molecule has 9 nitrogen and oxygen atoms in total. The number of hydrogen-bond acceptors (Lipinski definition) is 5. The number of para-hydroxylation sites is 2. The summed E-state index contributed by atoms with van der Waals surface area (Å²) in [5, 5.41) is 14.8. The third kappa shape index (κ3) is 4.12. The van der Waals surface area contributed by atoms with E-state index < -0.39 is 22.8 Å². The summed E-state index contributed by atoms with van der Waals surface area (Å²) >= 11 is 5.92. The molecule has 1 saturated heterocycles. The van der Waals surface area contributed by atoms with E-state index in [1.165, 1.54) is 36.4 Å². The van der Waals surface area contributed by atoms with Gasteiger partial charge < -0.3 is 4.57 Å². The minimum absolute atomic E-state index is 0.00543. The number of carbonyl (C=O) groups excluding carboxylic acids is 3. The molecule has 1 aliphatic rings. The Bertz CT molecular complexity index is 1590. The normalized spacial score (nSPS) is 15.0. The first-order valence-electron chi connectivity index (χ1n) is 10.8. The number of hydrogen-bond donors (Lipinski definition) is 1. The van der Waals surface area contributed by atoms with Gasteiger partial charge in [0.2, 0.25) is 0 Å². The lowest BCUT2D eigenvalue weighted by Gasteiger charge is -2.26. The number of nitrogens with zero attached hydrogens (tertiary/aromatic N) is 3. The summed E-state index contributed by atoms with van der Waals surface area (Å²) < 4.78 is 1.82. The van der Waals surface area contributed by atoms with Crippen molar-refractivity contribution in [2.24, 2.45) is 0 Å². The molecule has 3 aromatic carbocycles. The molecule has 4 aromatic rings. The lowest BCUT2D eigenvalue weighted by molar-refractivity contribution is -0.385. The van der Waals surface area contributed by atoms with Gasteiger partial charge in [-0.05, 0) is 36.4 Å². The molecule has 0 aliphatic carbocycles. The zero-order valence-corrected chi connectivity index (χ0v) is 19.3. The molecule has 0 spiro atoms. The lowest BCUT2D eigenvalue weighted by atomic mass is 10.1. The summed E-state index contributed by atoms with van der Waals surface area (Å²) in [5.74, 6) is -1.59. The maximum atomic E-state index is 13.3. The van der Waals surface area contributed by atoms with Gasteiger partial charge in [0, 0.05) is 39.3 Å². The minimum atomic E-state index is -0.858. The number of fused-ring (bicyclic) bond motifs is 1. The van der Waals surface area contributed by atoms with Crippen LogP contribution in [0.15, 0.2) is 84.6 Å². The largest absolute Gasteiger partial charge is 0.342 e. The van der Waals surface area contributed by atoms with Gasteiger partial charge in [-0.25, -0.2) is 9.69 Å². The number of halogens is 1. The van der Waals surface area contributed by atoms with E-state index in [9.17, 15) is 24.5 Å². The number of urea groups is 1. The fourth-order valence-corrected chi connectivity index (χ4v) is 4.29. The van der Waals surface area contributed by atoms with Gasteiger partial charge in [-0.1, -0.05) is 48.0 Å². The molecule has 4 amide bonds. The van der Waals surface area contributed by atoms with E-state index in [1.54, 1.807) is 24.4 Å². The van der Waals surface area contributed by atoms with Crippen molar-refractivity contribution in [2.45, 2.75) is 6.54 Å². The molecule has 10 heteroatoms. The number of carbonyl (C=O) groups is 3. The van der Waals surface area contributed by atoms with Crippen molar-refractivity contribution in [3.63, 3.8) is 0 Å². The van der Waals surface area contributed by atoms with Crippen molar-refractivity contribution >= 4 is 57.8 Å². The predicted molar refractivity (Wildman–Crippen MR) is 135 cm³/mol. The van der Waals surface area contributed by atoms with Gasteiger partial charge >= 0.3 is 6.03 Å². The minimum Gasteiger partial charge on any atom is -0.342 e. The van der Waals surface area contributed by atoms with Crippen molar-refractivity contribution in [3.05, 3.63) is 111 Å². The van der Waals surface area contributed by atoms with Crippen LogP contribution in [0.2, 0.25) is 5.02 Å². The first-order valence-corrected chi connectivity index (χ1v) is 11.2. The molecule has 2 heterocycles. The van der Waals surface area contributed by atoms with Crippen LogP contribution >= 0.6 is 11.6 Å². The van der Waals surface area contributed by atoms with Crippen molar-refractivity contribution in [1.82, 2.24) is 9.88 Å². The van der Waals surface area contributed by atoms with Crippen LogP contribution in [-0.2, 0) is 16.1 Å². The molecule has 0 saturated carbocycles. The maximum absolute atomic E-state index is 13.3. The van der Waals surface area contributed by atoms with Gasteiger partial charge in [-0.3, -0.25) is 25.0 Å². The van der Waals surface area contributed by atoms with E-state index in [4.69, 9.17) is 11.6 Å². The highest BCUT2D eigenvalue weighted by Gasteiger charge is 2.37. The fraction of sp³-hybridized carbons (Fsp3) is 0.0385. The lowest BCUT2D eigenvalue weighted by Crippen LogP contribution is -2.54. The Morgan fingerprint density at radius 1 is 0.944 bits per heavy atom. The molecular formula is C26H17ClN4O5. The molecule has 0 unspecified atom stereocenters. The van der Waals surface area contributed by atoms with Gasteiger partial charge in [0.1, 0.15) is 5.57 Å².